The van der Waals surface area contributed by atoms with Crippen LogP contribution in [0.2, 0.25) is 0 Å². The minimum absolute atomic E-state index is 0. The average Bonchev–Trinajstić information content (AvgIpc) is 3.13. The molecule has 0 aliphatic rings. The maximum atomic E-state index is 12.1. The summed E-state index contributed by atoms with van der Waals surface area (Å²) in [4.78, 5) is 67.7. The van der Waals surface area contributed by atoms with Gasteiger partial charge in [0.1, 0.15) is 11.1 Å². The first-order chi connectivity index (χ1) is 25.7. The molecule has 0 heterocycles. The Morgan fingerprint density at radius 3 is 0.782 bits per heavy atom. The summed E-state index contributed by atoms with van der Waals surface area (Å²) in [6.07, 6.45) is 28.9. The summed E-state index contributed by atoms with van der Waals surface area (Å²) in [5.41, 5.74) is 6.84. The van der Waals surface area contributed by atoms with E-state index in [9.17, 15) is 39.0 Å². The van der Waals surface area contributed by atoms with Gasteiger partial charge in [-0.3, -0.25) is 19.2 Å². The first-order valence-electron chi connectivity index (χ1n) is 21.2. The number of nitrogens with two attached hydrogens (primary N) is 2. The molecule has 0 radical (unpaired) electrons. The molecular weight excluding hydrogens is 717 g/mol. The second-order valence-corrected chi connectivity index (χ2v) is 15.1. The van der Waals surface area contributed by atoms with Crippen molar-refractivity contribution < 1.29 is 49.2 Å². The summed E-state index contributed by atoms with van der Waals surface area (Å²) in [6.45, 7) is 4.45. The fourth-order valence-corrected chi connectivity index (χ4v) is 6.37. The Morgan fingerprint density at radius 1 is 0.400 bits per heavy atom. The van der Waals surface area contributed by atoms with Crippen molar-refractivity contribution in [2.45, 2.75) is 230 Å². The SMILES string of the molecule is CCCCCCCCCCCCCCCC(=O)[C@](N)(CCC(=O)O)C(=O)[O-].CCCCCCCCCCCCCCCC(=O)[C@](N)(CCC(=O)O)C(=O)[O-].[Mg+2]. The molecular formula is C42H76MgN2O10. The second kappa shape index (κ2) is 37.5. The van der Waals surface area contributed by atoms with Gasteiger partial charge in [0.25, 0.3) is 0 Å². The van der Waals surface area contributed by atoms with Gasteiger partial charge in [-0.05, 0) is 25.7 Å². The van der Waals surface area contributed by atoms with Crippen molar-refractivity contribution >= 4 is 58.5 Å². The summed E-state index contributed by atoms with van der Waals surface area (Å²) in [5.74, 6) is -7.01. The minimum atomic E-state index is -2.19. The number of hydrogen-bond acceptors (Lipinski definition) is 10. The average molecular weight is 793 g/mol. The fraction of sp³-hybridized carbons (Fsp3) is 0.857. The number of rotatable bonds is 38. The molecule has 0 spiro atoms. The zero-order valence-corrected chi connectivity index (χ0v) is 36.1. The number of Topliss-reactive ketones (excluding diaryl/α,β-unsaturated/α-hetero) is 2. The number of carboxylic acids is 4. The van der Waals surface area contributed by atoms with Gasteiger partial charge in [-0.1, -0.05) is 168 Å². The number of carbonyl (C=O) groups is 6. The first kappa shape index (κ1) is 57.2. The van der Waals surface area contributed by atoms with Crippen LogP contribution in [0, 0.1) is 0 Å². The van der Waals surface area contributed by atoms with Gasteiger partial charge >= 0.3 is 35.0 Å². The Kier molecular flexibility index (Phi) is 39.0. The number of aliphatic carboxylic acids is 4. The third-order valence-corrected chi connectivity index (χ3v) is 10.2. The Labute approximate surface area is 348 Å². The molecule has 0 rings (SSSR count). The zero-order chi connectivity index (χ0) is 41.1. The Morgan fingerprint density at radius 2 is 0.600 bits per heavy atom. The Balaban J connectivity index is -0.000000966. The van der Waals surface area contributed by atoms with Gasteiger partial charge in [0.15, 0.2) is 11.6 Å². The molecule has 0 saturated carbocycles. The van der Waals surface area contributed by atoms with Gasteiger partial charge in [-0.25, -0.2) is 0 Å². The molecule has 0 fully saturated rings. The Hall–Kier alpha value is -2.09. The third-order valence-electron chi connectivity index (χ3n) is 10.2. The molecule has 0 aromatic carbocycles. The van der Waals surface area contributed by atoms with Crippen LogP contribution in [0.1, 0.15) is 219 Å². The van der Waals surface area contributed by atoms with Gasteiger partial charge < -0.3 is 41.5 Å². The molecule has 0 aromatic heterocycles. The summed E-state index contributed by atoms with van der Waals surface area (Å²) in [7, 11) is 0. The first-order valence-corrected chi connectivity index (χ1v) is 21.2. The third kappa shape index (κ3) is 31.7. The van der Waals surface area contributed by atoms with Crippen LogP contribution in [0.5, 0.6) is 0 Å². The van der Waals surface area contributed by atoms with Crippen molar-refractivity contribution in [3.05, 3.63) is 0 Å². The van der Waals surface area contributed by atoms with Crippen LogP contribution in [0.3, 0.4) is 0 Å². The van der Waals surface area contributed by atoms with Crippen molar-refractivity contribution in [3.8, 4) is 0 Å². The maximum Gasteiger partial charge on any atom is 2.00 e. The number of unbranched alkanes of at least 4 members (excludes halogenated alkanes) is 24. The van der Waals surface area contributed by atoms with Crippen molar-refractivity contribution in [1.82, 2.24) is 0 Å². The van der Waals surface area contributed by atoms with E-state index < -0.39 is 72.2 Å². The number of hydrogen-bond donors (Lipinski definition) is 4. The van der Waals surface area contributed by atoms with Gasteiger partial charge in [-0.2, -0.15) is 0 Å². The van der Waals surface area contributed by atoms with Gasteiger partial charge in [0.2, 0.25) is 0 Å². The van der Waals surface area contributed by atoms with Crippen LogP contribution in [0.25, 0.3) is 0 Å². The molecule has 13 heteroatoms. The predicted molar refractivity (Wildman–Crippen MR) is 214 cm³/mol. The topological polar surface area (TPSA) is 241 Å². The largest absolute Gasteiger partial charge is 2.00 e. The van der Waals surface area contributed by atoms with Crippen LogP contribution >= 0.6 is 0 Å². The standard InChI is InChI=1S/2C21H39NO5.Mg/c2*1-2-3-4-5-6-7-8-9-10-11-12-13-14-15-18(23)21(22,20(26)27)17-16-19(24)25;/h2*2-17,22H2,1H3,(H,24,25)(H,26,27);/q;;+2/p-2/t2*21-;/m11./s1. The summed E-state index contributed by atoms with van der Waals surface area (Å²) in [5, 5.41) is 39.6. The second-order valence-electron chi connectivity index (χ2n) is 15.1. The van der Waals surface area contributed by atoms with E-state index in [0.29, 0.717) is 12.8 Å². The van der Waals surface area contributed by atoms with Gasteiger partial charge in [-0.15, -0.1) is 0 Å². The molecule has 0 bridgehead atoms. The van der Waals surface area contributed by atoms with Gasteiger partial charge in [0.05, 0.1) is 11.9 Å². The molecule has 12 nitrogen and oxygen atoms in total. The zero-order valence-electron chi connectivity index (χ0n) is 34.6. The van der Waals surface area contributed by atoms with Crippen LogP contribution < -0.4 is 21.7 Å². The fourth-order valence-electron chi connectivity index (χ4n) is 6.37. The minimum Gasteiger partial charge on any atom is -0.548 e. The van der Waals surface area contributed by atoms with Crippen LogP contribution in [-0.4, -0.2) is 79.8 Å². The number of carboxylic acid groups (broad SMARTS) is 4. The van der Waals surface area contributed by atoms with Crippen LogP contribution in [0.4, 0.5) is 0 Å². The number of carbonyl (C=O) groups excluding carboxylic acids is 4. The molecule has 0 aliphatic carbocycles. The summed E-state index contributed by atoms with van der Waals surface area (Å²) in [6, 6.07) is 0. The molecule has 0 amide bonds. The normalized spacial score (nSPS) is 13.0. The van der Waals surface area contributed by atoms with Crippen LogP contribution in [0.15, 0.2) is 0 Å². The van der Waals surface area contributed by atoms with E-state index in [1.54, 1.807) is 0 Å². The van der Waals surface area contributed by atoms with E-state index in [-0.39, 0.29) is 35.9 Å². The molecule has 55 heavy (non-hydrogen) atoms. The van der Waals surface area contributed by atoms with E-state index in [2.05, 4.69) is 13.8 Å². The molecule has 316 valence electrons. The van der Waals surface area contributed by atoms with E-state index >= 15 is 0 Å². The maximum absolute atomic E-state index is 12.1. The van der Waals surface area contributed by atoms with Crippen molar-refractivity contribution in [3.63, 3.8) is 0 Å². The molecule has 0 unspecified atom stereocenters. The smallest absolute Gasteiger partial charge is 0.548 e. The van der Waals surface area contributed by atoms with Gasteiger partial charge in [0, 0.05) is 25.7 Å². The van der Waals surface area contributed by atoms with E-state index in [0.717, 1.165) is 38.5 Å². The molecule has 0 aromatic rings. The predicted octanol–water partition coefficient (Wildman–Crippen LogP) is 6.32. The van der Waals surface area contributed by atoms with E-state index in [4.69, 9.17) is 21.7 Å². The molecule has 0 aliphatic heterocycles. The quantitative estimate of drug-likeness (QED) is 0.0305. The molecule has 6 N–H and O–H groups in total. The molecule has 0 saturated heterocycles. The summed E-state index contributed by atoms with van der Waals surface area (Å²) >= 11 is 0. The summed E-state index contributed by atoms with van der Waals surface area (Å²) < 4.78 is 0. The monoisotopic (exact) mass is 793 g/mol. The van der Waals surface area contributed by atoms with Crippen molar-refractivity contribution in [2.24, 2.45) is 11.5 Å². The molecule has 2 atom stereocenters. The van der Waals surface area contributed by atoms with Crippen molar-refractivity contribution in [1.29, 1.82) is 0 Å². The Bertz CT molecular complexity index is 964. The number of ketones is 2. The van der Waals surface area contributed by atoms with Crippen LogP contribution in [-0.2, 0) is 28.8 Å². The van der Waals surface area contributed by atoms with E-state index in [1.165, 1.54) is 116 Å². The van der Waals surface area contributed by atoms with E-state index in [1.807, 2.05) is 0 Å². The van der Waals surface area contributed by atoms with Crippen molar-refractivity contribution in [2.75, 3.05) is 0 Å².